The highest BCUT2D eigenvalue weighted by molar-refractivity contribution is 7.89. The summed E-state index contributed by atoms with van der Waals surface area (Å²) in [5.41, 5.74) is 1.39. The molecule has 0 bridgehead atoms. The van der Waals surface area contributed by atoms with Crippen LogP contribution in [0.5, 0.6) is 5.75 Å². The van der Waals surface area contributed by atoms with E-state index in [2.05, 4.69) is 5.16 Å². The number of ether oxygens (including phenoxy) is 1. The fourth-order valence-corrected chi connectivity index (χ4v) is 5.25. The van der Waals surface area contributed by atoms with Crippen molar-refractivity contribution >= 4 is 10.0 Å². The van der Waals surface area contributed by atoms with Gasteiger partial charge in [0.25, 0.3) is 0 Å². The molecule has 130 valence electrons. The second-order valence-electron chi connectivity index (χ2n) is 5.93. The Balaban J connectivity index is 1.93. The van der Waals surface area contributed by atoms with Crippen LogP contribution in [0.4, 0.5) is 0 Å². The Labute approximate surface area is 142 Å². The molecule has 1 aromatic carbocycles. The van der Waals surface area contributed by atoms with Crippen LogP contribution >= 0.6 is 0 Å². The second-order valence-corrected chi connectivity index (χ2v) is 7.76. The van der Waals surface area contributed by atoms with E-state index in [-0.39, 0.29) is 10.9 Å². The van der Waals surface area contributed by atoms with E-state index in [0.717, 1.165) is 24.2 Å². The number of sulfonamides is 1. The third kappa shape index (κ3) is 2.93. The highest BCUT2D eigenvalue weighted by Crippen LogP contribution is 2.38. The second kappa shape index (κ2) is 6.57. The molecule has 1 aliphatic heterocycles. The van der Waals surface area contributed by atoms with Crippen LogP contribution in [0.1, 0.15) is 42.8 Å². The smallest absolute Gasteiger partial charge is 0.249 e. The Morgan fingerprint density at radius 2 is 2.00 bits per heavy atom. The van der Waals surface area contributed by atoms with Crippen molar-refractivity contribution in [2.45, 2.75) is 44.6 Å². The lowest BCUT2D eigenvalue weighted by Crippen LogP contribution is -2.31. The molecule has 2 heterocycles. The number of hydrogen-bond acceptors (Lipinski definition) is 5. The van der Waals surface area contributed by atoms with Crippen LogP contribution in [0.3, 0.4) is 0 Å². The number of hydrogen-bond donors (Lipinski definition) is 0. The predicted octanol–water partition coefficient (Wildman–Crippen LogP) is 3.22. The highest BCUT2D eigenvalue weighted by Gasteiger charge is 2.39. The average Bonchev–Trinajstić information content (AvgIpc) is 3.16. The zero-order chi connectivity index (χ0) is 17.3. The molecule has 1 atom stereocenters. The zero-order valence-corrected chi connectivity index (χ0v) is 15.0. The normalized spacial score (nSPS) is 18.9. The van der Waals surface area contributed by atoms with Crippen LogP contribution in [0, 0.1) is 13.8 Å². The molecule has 0 N–H and O–H groups in total. The first-order valence-corrected chi connectivity index (χ1v) is 9.56. The molecule has 0 amide bonds. The van der Waals surface area contributed by atoms with Gasteiger partial charge in [-0.1, -0.05) is 17.3 Å². The van der Waals surface area contributed by atoms with E-state index in [0.29, 0.717) is 24.6 Å². The maximum atomic E-state index is 13.1. The first-order chi connectivity index (χ1) is 11.4. The van der Waals surface area contributed by atoms with Crippen LogP contribution in [0.15, 0.2) is 33.7 Å². The Kier molecular flexibility index (Phi) is 4.64. The summed E-state index contributed by atoms with van der Waals surface area (Å²) in [7, 11) is -3.63. The molecule has 24 heavy (non-hydrogen) atoms. The van der Waals surface area contributed by atoms with Gasteiger partial charge in [-0.05, 0) is 51.3 Å². The van der Waals surface area contributed by atoms with Crippen molar-refractivity contribution in [1.82, 2.24) is 9.46 Å². The van der Waals surface area contributed by atoms with Gasteiger partial charge in [0, 0.05) is 6.54 Å². The summed E-state index contributed by atoms with van der Waals surface area (Å²) >= 11 is 0. The summed E-state index contributed by atoms with van der Waals surface area (Å²) in [5.74, 6) is 1.13. The summed E-state index contributed by atoms with van der Waals surface area (Å²) in [6.07, 6.45) is 1.64. The molecule has 2 aromatic rings. The first-order valence-electron chi connectivity index (χ1n) is 8.12. The molecule has 1 saturated heterocycles. The number of aryl methyl sites for hydroxylation is 2. The third-order valence-electron chi connectivity index (χ3n) is 4.31. The largest absolute Gasteiger partial charge is 0.494 e. The van der Waals surface area contributed by atoms with Crippen LogP contribution in [0.2, 0.25) is 0 Å². The Morgan fingerprint density at radius 3 is 2.58 bits per heavy atom. The van der Waals surface area contributed by atoms with E-state index in [4.69, 9.17) is 9.26 Å². The van der Waals surface area contributed by atoms with Crippen molar-refractivity contribution < 1.29 is 17.7 Å². The van der Waals surface area contributed by atoms with Gasteiger partial charge < -0.3 is 9.26 Å². The molecule has 1 unspecified atom stereocenters. The van der Waals surface area contributed by atoms with Gasteiger partial charge in [0.1, 0.15) is 16.3 Å². The highest BCUT2D eigenvalue weighted by atomic mass is 32.2. The van der Waals surface area contributed by atoms with Crippen molar-refractivity contribution in [2.75, 3.05) is 13.2 Å². The molecule has 1 aliphatic rings. The van der Waals surface area contributed by atoms with Gasteiger partial charge >= 0.3 is 0 Å². The molecule has 0 spiro atoms. The summed E-state index contributed by atoms with van der Waals surface area (Å²) < 4.78 is 38.3. The predicted molar refractivity (Wildman–Crippen MR) is 89.5 cm³/mol. The minimum absolute atomic E-state index is 0.167. The summed E-state index contributed by atoms with van der Waals surface area (Å²) in [6.45, 7) is 6.34. The molecule has 3 rings (SSSR count). The van der Waals surface area contributed by atoms with E-state index in [1.54, 1.807) is 18.2 Å². The van der Waals surface area contributed by atoms with Crippen molar-refractivity contribution in [3.05, 3.63) is 41.3 Å². The molecule has 0 radical (unpaired) electrons. The third-order valence-corrected chi connectivity index (χ3v) is 6.47. The topological polar surface area (TPSA) is 72.6 Å². The lowest BCUT2D eigenvalue weighted by Gasteiger charge is -2.24. The zero-order valence-electron chi connectivity index (χ0n) is 14.2. The maximum Gasteiger partial charge on any atom is 0.249 e. The summed E-state index contributed by atoms with van der Waals surface area (Å²) in [4.78, 5) is 0.195. The minimum atomic E-state index is -3.63. The molecule has 1 aromatic heterocycles. The van der Waals surface area contributed by atoms with E-state index in [1.807, 2.05) is 31.2 Å². The van der Waals surface area contributed by atoms with Crippen molar-refractivity contribution in [3.63, 3.8) is 0 Å². The van der Waals surface area contributed by atoms with Gasteiger partial charge in [0.05, 0.1) is 12.6 Å². The van der Waals surface area contributed by atoms with Gasteiger partial charge in [-0.25, -0.2) is 8.42 Å². The molecular formula is C17H22N2O4S. The summed E-state index contributed by atoms with van der Waals surface area (Å²) in [5, 5.41) is 3.79. The number of rotatable bonds is 5. The number of aromatic nitrogens is 1. The van der Waals surface area contributed by atoms with Crippen molar-refractivity contribution in [1.29, 1.82) is 0 Å². The monoisotopic (exact) mass is 350 g/mol. The number of benzene rings is 1. The van der Waals surface area contributed by atoms with Gasteiger partial charge in [-0.3, -0.25) is 0 Å². The molecule has 1 fully saturated rings. The SMILES string of the molecule is CCOc1ccc(C2CCCN2S(=O)(=O)c2c(C)noc2C)cc1. The minimum Gasteiger partial charge on any atom is -0.494 e. The Hall–Kier alpha value is -1.86. The standard InChI is InChI=1S/C17H22N2O4S/c1-4-22-15-9-7-14(8-10-15)16-6-5-11-19(16)24(20,21)17-12(2)18-23-13(17)3/h7-10,16H,4-6,11H2,1-3H3. The van der Waals surface area contributed by atoms with Crippen LogP contribution in [-0.2, 0) is 10.0 Å². The van der Waals surface area contributed by atoms with Crippen molar-refractivity contribution in [2.24, 2.45) is 0 Å². The van der Waals surface area contributed by atoms with Crippen LogP contribution < -0.4 is 4.74 Å². The van der Waals surface area contributed by atoms with Gasteiger partial charge in [0.2, 0.25) is 10.0 Å². The molecule has 0 aliphatic carbocycles. The first kappa shape index (κ1) is 17.0. The molecule has 0 saturated carbocycles. The Bertz CT molecular complexity index is 792. The van der Waals surface area contributed by atoms with Crippen LogP contribution in [-0.4, -0.2) is 31.0 Å². The van der Waals surface area contributed by atoms with E-state index < -0.39 is 10.0 Å². The van der Waals surface area contributed by atoms with E-state index >= 15 is 0 Å². The van der Waals surface area contributed by atoms with E-state index in [9.17, 15) is 8.42 Å². The molecule has 7 heteroatoms. The fourth-order valence-electron chi connectivity index (χ4n) is 3.27. The van der Waals surface area contributed by atoms with Gasteiger partial charge in [0.15, 0.2) is 5.76 Å². The van der Waals surface area contributed by atoms with E-state index in [1.165, 1.54) is 0 Å². The summed E-state index contributed by atoms with van der Waals surface area (Å²) in [6, 6.07) is 7.49. The quantitative estimate of drug-likeness (QED) is 0.828. The average molecular weight is 350 g/mol. The van der Waals surface area contributed by atoms with Gasteiger partial charge in [-0.15, -0.1) is 0 Å². The van der Waals surface area contributed by atoms with Crippen molar-refractivity contribution in [3.8, 4) is 5.75 Å². The molecular weight excluding hydrogens is 328 g/mol. The lowest BCUT2D eigenvalue weighted by atomic mass is 10.1. The fraction of sp³-hybridized carbons (Fsp3) is 0.471. The lowest BCUT2D eigenvalue weighted by molar-refractivity contribution is 0.339. The Morgan fingerprint density at radius 1 is 1.29 bits per heavy atom. The molecule has 6 nitrogen and oxygen atoms in total. The number of nitrogens with zero attached hydrogens (tertiary/aromatic N) is 2. The maximum absolute atomic E-state index is 13.1. The van der Waals surface area contributed by atoms with Gasteiger partial charge in [-0.2, -0.15) is 4.31 Å². The van der Waals surface area contributed by atoms with Crippen LogP contribution in [0.25, 0.3) is 0 Å².